The van der Waals surface area contributed by atoms with E-state index in [-0.39, 0.29) is 12.4 Å². The van der Waals surface area contributed by atoms with Crippen LogP contribution in [-0.2, 0) is 0 Å². The van der Waals surface area contributed by atoms with Crippen molar-refractivity contribution in [3.8, 4) is 0 Å². The summed E-state index contributed by atoms with van der Waals surface area (Å²) in [5.41, 5.74) is 0. The Balaban J connectivity index is 0.00000128. The van der Waals surface area contributed by atoms with Gasteiger partial charge in [0.2, 0.25) is 0 Å². The molecule has 2 fully saturated rings. The van der Waals surface area contributed by atoms with Crippen molar-refractivity contribution < 1.29 is 0 Å². The maximum Gasteiger partial charge on any atom is 0.00106 e. The van der Waals surface area contributed by atoms with E-state index in [0.29, 0.717) is 0 Å². The number of nitrogens with one attached hydrogen (secondary N) is 1. The molecule has 0 unspecified atom stereocenters. The zero-order valence-corrected chi connectivity index (χ0v) is 11.0. The van der Waals surface area contributed by atoms with Crippen molar-refractivity contribution in [1.29, 1.82) is 0 Å². The molecule has 0 aromatic carbocycles. The molecule has 2 saturated heterocycles. The molecule has 2 heterocycles. The number of allylic oxidation sites excluding steroid dienone is 1. The van der Waals surface area contributed by atoms with Crippen LogP contribution in [0.15, 0.2) is 12.7 Å². The Bertz CT molecular complexity index is 194. The van der Waals surface area contributed by atoms with Gasteiger partial charge in [0.15, 0.2) is 0 Å². The first kappa shape index (κ1) is 14.0. The molecule has 0 aliphatic carbocycles. The molecule has 0 bridgehead atoms. The summed E-state index contributed by atoms with van der Waals surface area (Å²) in [6.45, 7) is 10.3. The van der Waals surface area contributed by atoms with E-state index in [1.54, 1.807) is 0 Å². The average molecular weight is 245 g/mol. The van der Waals surface area contributed by atoms with E-state index in [4.69, 9.17) is 0 Å². The van der Waals surface area contributed by atoms with Crippen LogP contribution in [0.4, 0.5) is 0 Å². The lowest BCUT2D eigenvalue weighted by Gasteiger charge is -2.34. The first-order valence-electron chi connectivity index (χ1n) is 6.44. The Morgan fingerprint density at radius 2 is 1.75 bits per heavy atom. The maximum atomic E-state index is 3.90. The van der Waals surface area contributed by atoms with Crippen LogP contribution < -0.4 is 5.32 Å². The topological polar surface area (TPSA) is 15.3 Å². The Morgan fingerprint density at radius 1 is 1.12 bits per heavy atom. The van der Waals surface area contributed by atoms with E-state index in [2.05, 4.69) is 22.9 Å². The lowest BCUT2D eigenvalue weighted by atomic mass is 9.93. The maximum absolute atomic E-state index is 3.90. The number of halogens is 1. The summed E-state index contributed by atoms with van der Waals surface area (Å²) in [6.07, 6.45) is 7.55. The first-order valence-corrected chi connectivity index (χ1v) is 6.44. The largest absolute Gasteiger partial charge is 0.317 e. The van der Waals surface area contributed by atoms with Crippen molar-refractivity contribution in [1.82, 2.24) is 10.2 Å². The van der Waals surface area contributed by atoms with Gasteiger partial charge in [0.05, 0.1) is 0 Å². The van der Waals surface area contributed by atoms with Gasteiger partial charge in [-0.25, -0.2) is 0 Å². The third kappa shape index (κ3) is 4.08. The Hall–Kier alpha value is -0.0500. The van der Waals surface area contributed by atoms with Gasteiger partial charge in [-0.15, -0.1) is 19.0 Å². The Morgan fingerprint density at radius 3 is 2.31 bits per heavy atom. The highest BCUT2D eigenvalue weighted by Crippen LogP contribution is 2.20. The summed E-state index contributed by atoms with van der Waals surface area (Å²) < 4.78 is 0. The predicted molar refractivity (Wildman–Crippen MR) is 72.2 cm³/mol. The van der Waals surface area contributed by atoms with Crippen LogP contribution in [0.25, 0.3) is 0 Å². The summed E-state index contributed by atoms with van der Waals surface area (Å²) in [5.74, 6) is 1.74. The third-order valence-corrected chi connectivity index (χ3v) is 3.94. The standard InChI is InChI=1S/C13H24N2.ClH/c1-2-12-5-9-15(10-6-12)11-13-3-7-14-8-4-13;/h2,12-14H,1,3-11H2;1H. The highest BCUT2D eigenvalue weighted by atomic mass is 35.5. The van der Waals surface area contributed by atoms with Crippen molar-refractivity contribution in [3.63, 3.8) is 0 Å². The molecule has 94 valence electrons. The van der Waals surface area contributed by atoms with E-state index in [1.807, 2.05) is 0 Å². The lowest BCUT2D eigenvalue weighted by molar-refractivity contribution is 0.161. The minimum atomic E-state index is 0. The molecule has 0 radical (unpaired) electrons. The molecule has 0 atom stereocenters. The van der Waals surface area contributed by atoms with Gasteiger partial charge in [0, 0.05) is 6.54 Å². The van der Waals surface area contributed by atoms with Crippen LogP contribution in [0.3, 0.4) is 0 Å². The molecule has 2 aliphatic rings. The van der Waals surface area contributed by atoms with Gasteiger partial charge in [-0.1, -0.05) is 6.08 Å². The quantitative estimate of drug-likeness (QED) is 0.767. The number of hydrogen-bond donors (Lipinski definition) is 1. The second kappa shape index (κ2) is 7.31. The molecule has 0 aromatic rings. The van der Waals surface area contributed by atoms with Crippen molar-refractivity contribution >= 4 is 12.4 Å². The summed E-state index contributed by atoms with van der Waals surface area (Å²) in [5, 5.41) is 3.44. The summed E-state index contributed by atoms with van der Waals surface area (Å²) in [7, 11) is 0. The van der Waals surface area contributed by atoms with Crippen molar-refractivity contribution in [2.45, 2.75) is 25.7 Å². The zero-order valence-electron chi connectivity index (χ0n) is 10.2. The Kier molecular flexibility index (Phi) is 6.40. The SMILES string of the molecule is C=CC1CCN(CC2CCNCC2)CC1.Cl. The average Bonchev–Trinajstić information content (AvgIpc) is 2.31. The number of piperidine rings is 2. The van der Waals surface area contributed by atoms with Crippen LogP contribution in [0, 0.1) is 11.8 Å². The molecule has 0 amide bonds. The normalized spacial score (nSPS) is 25.0. The van der Waals surface area contributed by atoms with E-state index in [9.17, 15) is 0 Å². The molecule has 2 rings (SSSR count). The molecule has 0 spiro atoms. The highest BCUT2D eigenvalue weighted by molar-refractivity contribution is 5.85. The molecular weight excluding hydrogens is 220 g/mol. The second-order valence-electron chi connectivity index (χ2n) is 5.07. The minimum absolute atomic E-state index is 0. The fourth-order valence-corrected chi connectivity index (χ4v) is 2.80. The van der Waals surface area contributed by atoms with Crippen LogP contribution >= 0.6 is 12.4 Å². The molecule has 0 saturated carbocycles. The van der Waals surface area contributed by atoms with Gasteiger partial charge in [0.25, 0.3) is 0 Å². The smallest absolute Gasteiger partial charge is 0.00106 e. The van der Waals surface area contributed by atoms with Gasteiger partial charge in [-0.2, -0.15) is 0 Å². The number of rotatable bonds is 3. The zero-order chi connectivity index (χ0) is 10.5. The van der Waals surface area contributed by atoms with Gasteiger partial charge in [0.1, 0.15) is 0 Å². The van der Waals surface area contributed by atoms with Crippen LogP contribution in [0.1, 0.15) is 25.7 Å². The van der Waals surface area contributed by atoms with E-state index < -0.39 is 0 Å². The van der Waals surface area contributed by atoms with Crippen molar-refractivity contribution in [2.24, 2.45) is 11.8 Å². The number of nitrogens with zero attached hydrogens (tertiary/aromatic N) is 1. The lowest BCUT2D eigenvalue weighted by Crippen LogP contribution is -2.40. The van der Waals surface area contributed by atoms with Crippen LogP contribution in [-0.4, -0.2) is 37.6 Å². The fraction of sp³-hybridized carbons (Fsp3) is 0.846. The minimum Gasteiger partial charge on any atom is -0.317 e. The molecule has 1 N–H and O–H groups in total. The summed E-state index contributed by atoms with van der Waals surface area (Å²) in [6, 6.07) is 0. The predicted octanol–water partition coefficient (Wildman–Crippen LogP) is 2.31. The third-order valence-electron chi connectivity index (χ3n) is 3.94. The highest BCUT2D eigenvalue weighted by Gasteiger charge is 2.21. The monoisotopic (exact) mass is 244 g/mol. The van der Waals surface area contributed by atoms with Crippen molar-refractivity contribution in [2.75, 3.05) is 32.7 Å². The Labute approximate surface area is 106 Å². The van der Waals surface area contributed by atoms with Gasteiger partial charge in [-0.05, 0) is 63.7 Å². The van der Waals surface area contributed by atoms with Gasteiger partial charge >= 0.3 is 0 Å². The molecule has 0 aromatic heterocycles. The van der Waals surface area contributed by atoms with E-state index in [0.717, 1.165) is 11.8 Å². The number of hydrogen-bond acceptors (Lipinski definition) is 2. The number of likely N-dealkylation sites (tertiary alicyclic amines) is 1. The molecule has 2 nitrogen and oxygen atoms in total. The fourth-order valence-electron chi connectivity index (χ4n) is 2.80. The second-order valence-corrected chi connectivity index (χ2v) is 5.07. The van der Waals surface area contributed by atoms with Gasteiger partial charge in [-0.3, -0.25) is 0 Å². The van der Waals surface area contributed by atoms with Gasteiger partial charge < -0.3 is 10.2 Å². The molecule has 16 heavy (non-hydrogen) atoms. The molecular formula is C13H25ClN2. The van der Waals surface area contributed by atoms with E-state index >= 15 is 0 Å². The molecule has 2 aliphatic heterocycles. The molecule has 3 heteroatoms. The van der Waals surface area contributed by atoms with E-state index in [1.165, 1.54) is 58.4 Å². The van der Waals surface area contributed by atoms with Crippen LogP contribution in [0.5, 0.6) is 0 Å². The van der Waals surface area contributed by atoms with Crippen molar-refractivity contribution in [3.05, 3.63) is 12.7 Å². The summed E-state index contributed by atoms with van der Waals surface area (Å²) in [4.78, 5) is 2.66. The summed E-state index contributed by atoms with van der Waals surface area (Å²) >= 11 is 0. The first-order chi connectivity index (χ1) is 7.38. The van der Waals surface area contributed by atoms with Crippen LogP contribution in [0.2, 0.25) is 0 Å².